The van der Waals surface area contributed by atoms with Crippen molar-refractivity contribution in [2.75, 3.05) is 6.61 Å². The average molecular weight is 332 g/mol. The summed E-state index contributed by atoms with van der Waals surface area (Å²) in [6, 6.07) is 8.04. The molecule has 0 spiro atoms. The van der Waals surface area contributed by atoms with Gasteiger partial charge in [0.1, 0.15) is 10.6 Å². The van der Waals surface area contributed by atoms with E-state index in [0.717, 1.165) is 5.56 Å². The third-order valence-corrected chi connectivity index (χ3v) is 4.14. The van der Waals surface area contributed by atoms with E-state index in [2.05, 4.69) is 4.98 Å². The van der Waals surface area contributed by atoms with Crippen LogP contribution < -0.4 is 4.74 Å². The van der Waals surface area contributed by atoms with Gasteiger partial charge < -0.3 is 4.74 Å². The van der Waals surface area contributed by atoms with Gasteiger partial charge in [0.2, 0.25) is 0 Å². The second-order valence-corrected chi connectivity index (χ2v) is 6.95. The van der Waals surface area contributed by atoms with Crippen molar-refractivity contribution in [1.82, 2.24) is 4.98 Å². The molecule has 0 saturated heterocycles. The minimum atomic E-state index is -3.90. The lowest BCUT2D eigenvalue weighted by Crippen LogP contribution is -2.04. The summed E-state index contributed by atoms with van der Waals surface area (Å²) in [4.78, 5) is 3.79. The molecule has 2 rings (SSSR count). The van der Waals surface area contributed by atoms with Gasteiger partial charge in [-0.05, 0) is 35.9 Å². The summed E-state index contributed by atoms with van der Waals surface area (Å²) in [6.07, 6.45) is 4.01. The first-order chi connectivity index (χ1) is 9.47. The van der Waals surface area contributed by atoms with Crippen molar-refractivity contribution < 1.29 is 13.2 Å². The van der Waals surface area contributed by atoms with Crippen LogP contribution in [0.1, 0.15) is 5.56 Å². The minimum absolute atomic E-state index is 0.124. The topological polar surface area (TPSA) is 56.3 Å². The number of rotatable bonds is 5. The van der Waals surface area contributed by atoms with Gasteiger partial charge in [-0.1, -0.05) is 11.6 Å². The Morgan fingerprint density at radius 3 is 2.50 bits per heavy atom. The molecule has 2 aromatic rings. The highest BCUT2D eigenvalue weighted by atomic mass is 35.7. The SMILES string of the molecule is O=S(=O)(Cl)c1cc(Cl)ccc1OCCc1ccncc1. The smallest absolute Gasteiger partial charge is 0.265 e. The van der Waals surface area contributed by atoms with Gasteiger partial charge in [-0.25, -0.2) is 8.42 Å². The van der Waals surface area contributed by atoms with Crippen molar-refractivity contribution in [2.24, 2.45) is 0 Å². The third kappa shape index (κ3) is 4.10. The normalized spacial score (nSPS) is 11.3. The molecular weight excluding hydrogens is 321 g/mol. The number of ether oxygens (including phenoxy) is 1. The van der Waals surface area contributed by atoms with E-state index in [-0.39, 0.29) is 15.7 Å². The number of benzene rings is 1. The molecule has 0 saturated carbocycles. The van der Waals surface area contributed by atoms with Crippen LogP contribution in [0, 0.1) is 0 Å². The van der Waals surface area contributed by atoms with Crippen molar-refractivity contribution in [3.8, 4) is 5.75 Å². The zero-order valence-corrected chi connectivity index (χ0v) is 12.6. The molecule has 4 nitrogen and oxygen atoms in total. The van der Waals surface area contributed by atoms with E-state index in [0.29, 0.717) is 13.0 Å². The standard InChI is InChI=1S/C13H11Cl2NO3S/c14-11-1-2-12(13(9-11)20(15,17)18)19-8-5-10-3-6-16-7-4-10/h1-4,6-7,9H,5,8H2. The first-order valence-corrected chi connectivity index (χ1v) is 8.41. The van der Waals surface area contributed by atoms with Crippen molar-refractivity contribution in [3.63, 3.8) is 0 Å². The van der Waals surface area contributed by atoms with Gasteiger partial charge in [0.05, 0.1) is 6.61 Å². The van der Waals surface area contributed by atoms with E-state index in [1.807, 2.05) is 12.1 Å². The van der Waals surface area contributed by atoms with Gasteiger partial charge in [0.15, 0.2) is 0 Å². The molecule has 0 unspecified atom stereocenters. The maximum Gasteiger partial charge on any atom is 0.265 e. The van der Waals surface area contributed by atoms with Crippen LogP contribution in [-0.2, 0) is 15.5 Å². The molecule has 1 aromatic heterocycles. The molecule has 0 aliphatic heterocycles. The summed E-state index contributed by atoms with van der Waals surface area (Å²) < 4.78 is 28.4. The first kappa shape index (κ1) is 15.1. The summed E-state index contributed by atoms with van der Waals surface area (Å²) in [6.45, 7) is 0.324. The number of halogens is 2. The number of aromatic nitrogens is 1. The molecule has 0 radical (unpaired) electrons. The maximum absolute atomic E-state index is 11.5. The molecule has 1 aromatic carbocycles. The quantitative estimate of drug-likeness (QED) is 0.789. The van der Waals surface area contributed by atoms with E-state index in [1.165, 1.54) is 12.1 Å². The highest BCUT2D eigenvalue weighted by Crippen LogP contribution is 2.29. The van der Waals surface area contributed by atoms with Crippen LogP contribution in [0.15, 0.2) is 47.6 Å². The molecule has 0 amide bonds. The fraction of sp³-hybridized carbons (Fsp3) is 0.154. The Morgan fingerprint density at radius 2 is 1.85 bits per heavy atom. The summed E-state index contributed by atoms with van der Waals surface area (Å²) in [5.74, 6) is 0.193. The predicted molar refractivity (Wildman–Crippen MR) is 77.9 cm³/mol. The van der Waals surface area contributed by atoms with Crippen LogP contribution in [0.3, 0.4) is 0 Å². The van der Waals surface area contributed by atoms with E-state index < -0.39 is 9.05 Å². The molecule has 0 aliphatic carbocycles. The van der Waals surface area contributed by atoms with Crippen molar-refractivity contribution in [2.45, 2.75) is 11.3 Å². The molecule has 0 bridgehead atoms. The summed E-state index contributed by atoms with van der Waals surface area (Å²) in [5, 5.41) is 0.283. The molecule has 7 heteroatoms. The van der Waals surface area contributed by atoms with Crippen molar-refractivity contribution in [3.05, 3.63) is 53.3 Å². The molecule has 20 heavy (non-hydrogen) atoms. The molecule has 0 N–H and O–H groups in total. The molecule has 106 valence electrons. The van der Waals surface area contributed by atoms with Crippen LogP contribution in [0.4, 0.5) is 0 Å². The lowest BCUT2D eigenvalue weighted by Gasteiger charge is -2.10. The van der Waals surface area contributed by atoms with E-state index in [9.17, 15) is 8.42 Å². The fourth-order valence-corrected chi connectivity index (χ4v) is 2.85. The van der Waals surface area contributed by atoms with E-state index in [4.69, 9.17) is 27.0 Å². The van der Waals surface area contributed by atoms with Crippen LogP contribution in [-0.4, -0.2) is 20.0 Å². The number of hydrogen-bond donors (Lipinski definition) is 0. The monoisotopic (exact) mass is 331 g/mol. The lowest BCUT2D eigenvalue weighted by atomic mass is 10.2. The van der Waals surface area contributed by atoms with Gasteiger partial charge in [-0.2, -0.15) is 0 Å². The zero-order valence-electron chi connectivity index (χ0n) is 10.3. The predicted octanol–water partition coefficient (Wildman–Crippen LogP) is 3.28. The highest BCUT2D eigenvalue weighted by molar-refractivity contribution is 8.13. The second-order valence-electron chi connectivity index (χ2n) is 3.98. The first-order valence-electron chi connectivity index (χ1n) is 5.73. The average Bonchev–Trinajstić information content (AvgIpc) is 2.40. The Balaban J connectivity index is 2.10. The molecule has 0 aliphatic rings. The molecule has 0 atom stereocenters. The Bertz CT molecular complexity index is 690. The van der Waals surface area contributed by atoms with E-state index >= 15 is 0 Å². The number of nitrogens with zero attached hydrogens (tertiary/aromatic N) is 1. The van der Waals surface area contributed by atoms with Gasteiger partial charge in [0, 0.05) is 34.5 Å². The van der Waals surface area contributed by atoms with Gasteiger partial charge in [-0.15, -0.1) is 0 Å². The lowest BCUT2D eigenvalue weighted by molar-refractivity contribution is 0.314. The van der Waals surface area contributed by atoms with Crippen LogP contribution >= 0.6 is 22.3 Å². The van der Waals surface area contributed by atoms with Crippen LogP contribution in [0.5, 0.6) is 5.75 Å². The molecule has 0 fully saturated rings. The largest absolute Gasteiger partial charge is 0.492 e. The maximum atomic E-state index is 11.5. The summed E-state index contributed by atoms with van der Waals surface area (Å²) in [5.41, 5.74) is 1.05. The van der Waals surface area contributed by atoms with Gasteiger partial charge >= 0.3 is 0 Å². The van der Waals surface area contributed by atoms with Crippen molar-refractivity contribution >= 4 is 31.3 Å². The second kappa shape index (κ2) is 6.43. The minimum Gasteiger partial charge on any atom is -0.492 e. The summed E-state index contributed by atoms with van der Waals surface area (Å²) in [7, 11) is 1.46. The highest BCUT2D eigenvalue weighted by Gasteiger charge is 2.17. The Kier molecular flexibility index (Phi) is 4.86. The van der Waals surface area contributed by atoms with Crippen LogP contribution in [0.25, 0.3) is 0 Å². The Morgan fingerprint density at radius 1 is 1.15 bits per heavy atom. The summed E-state index contributed by atoms with van der Waals surface area (Å²) >= 11 is 5.77. The van der Waals surface area contributed by atoms with Crippen molar-refractivity contribution in [1.29, 1.82) is 0 Å². The Labute approximate surface area is 126 Å². The van der Waals surface area contributed by atoms with E-state index in [1.54, 1.807) is 18.5 Å². The Hall–Kier alpha value is -1.30. The number of hydrogen-bond acceptors (Lipinski definition) is 4. The zero-order chi connectivity index (χ0) is 14.6. The van der Waals surface area contributed by atoms with Crippen LogP contribution in [0.2, 0.25) is 5.02 Å². The van der Waals surface area contributed by atoms with Gasteiger partial charge in [-0.3, -0.25) is 4.98 Å². The molecule has 1 heterocycles. The molecular formula is C13H11Cl2NO3S. The third-order valence-electron chi connectivity index (χ3n) is 2.57. The number of pyridine rings is 1. The van der Waals surface area contributed by atoms with Gasteiger partial charge in [0.25, 0.3) is 9.05 Å². The fourth-order valence-electron chi connectivity index (χ4n) is 1.62.